The van der Waals surface area contributed by atoms with Gasteiger partial charge in [-0.3, -0.25) is 0 Å². The van der Waals surface area contributed by atoms with Crippen LogP contribution in [0.25, 0.3) is 11.4 Å². The van der Waals surface area contributed by atoms with E-state index < -0.39 is 11.8 Å². The topological polar surface area (TPSA) is 63.1 Å². The molecule has 0 unspecified atom stereocenters. The van der Waals surface area contributed by atoms with Crippen molar-refractivity contribution in [2.75, 3.05) is 0 Å². The zero-order valence-electron chi connectivity index (χ0n) is 10.0. The van der Waals surface area contributed by atoms with E-state index in [4.69, 9.17) is 16.7 Å². The summed E-state index contributed by atoms with van der Waals surface area (Å²) in [6, 6.07) is 4.13. The van der Waals surface area contributed by atoms with Crippen molar-refractivity contribution in [2.45, 2.75) is 13.3 Å². The van der Waals surface area contributed by atoms with Gasteiger partial charge in [0.25, 0.3) is 0 Å². The second-order valence-electron chi connectivity index (χ2n) is 3.84. The fraction of sp³-hybridized carbons (Fsp3) is 0.154. The summed E-state index contributed by atoms with van der Waals surface area (Å²) in [5.41, 5.74) is 1.04. The van der Waals surface area contributed by atoms with Crippen LogP contribution in [0.1, 0.15) is 23.0 Å². The number of aromatic carboxylic acids is 1. The first-order valence-corrected chi connectivity index (χ1v) is 5.95. The standard InChI is InChI=1S/C13H10ClFN2O2/c1-2-11-8(13(18)19)6-16-12(17-11)7-3-4-10(15)9(14)5-7/h3-6H,2H2,1H3,(H,18,19). The molecule has 0 radical (unpaired) electrons. The van der Waals surface area contributed by atoms with Crippen molar-refractivity contribution in [3.8, 4) is 11.4 Å². The van der Waals surface area contributed by atoms with Gasteiger partial charge in [-0.05, 0) is 24.6 Å². The third kappa shape index (κ3) is 2.71. The van der Waals surface area contributed by atoms with Crippen LogP contribution in [-0.4, -0.2) is 21.0 Å². The van der Waals surface area contributed by atoms with Gasteiger partial charge in [0.2, 0.25) is 0 Å². The summed E-state index contributed by atoms with van der Waals surface area (Å²) in [6.07, 6.45) is 1.72. The predicted octanol–water partition coefficient (Wildman–Crippen LogP) is 3.20. The largest absolute Gasteiger partial charge is 0.478 e. The first-order chi connectivity index (χ1) is 9.02. The molecule has 0 bridgehead atoms. The molecule has 2 aromatic rings. The summed E-state index contributed by atoms with van der Waals surface area (Å²) < 4.78 is 13.1. The molecule has 4 nitrogen and oxygen atoms in total. The molecule has 0 amide bonds. The van der Waals surface area contributed by atoms with Crippen molar-refractivity contribution < 1.29 is 14.3 Å². The summed E-state index contributed by atoms with van der Waals surface area (Å²) >= 11 is 5.69. The number of carbonyl (C=O) groups is 1. The van der Waals surface area contributed by atoms with Crippen molar-refractivity contribution in [2.24, 2.45) is 0 Å². The van der Waals surface area contributed by atoms with Gasteiger partial charge in [-0.2, -0.15) is 0 Å². The molecule has 0 spiro atoms. The molecule has 2 rings (SSSR count). The molecule has 98 valence electrons. The predicted molar refractivity (Wildman–Crippen MR) is 68.8 cm³/mol. The molecular weight excluding hydrogens is 271 g/mol. The van der Waals surface area contributed by atoms with Gasteiger partial charge in [0, 0.05) is 11.8 Å². The number of hydrogen-bond acceptors (Lipinski definition) is 3. The molecule has 1 aromatic heterocycles. The Bertz CT molecular complexity index is 647. The Kier molecular flexibility index (Phi) is 3.76. The number of carboxylic acid groups (broad SMARTS) is 1. The van der Waals surface area contributed by atoms with E-state index in [9.17, 15) is 9.18 Å². The van der Waals surface area contributed by atoms with Gasteiger partial charge < -0.3 is 5.11 Å². The van der Waals surface area contributed by atoms with Gasteiger partial charge in [-0.15, -0.1) is 0 Å². The number of nitrogens with zero attached hydrogens (tertiary/aromatic N) is 2. The van der Waals surface area contributed by atoms with Crippen molar-refractivity contribution >= 4 is 17.6 Å². The second kappa shape index (κ2) is 5.32. The fourth-order valence-electron chi connectivity index (χ4n) is 1.64. The summed E-state index contributed by atoms with van der Waals surface area (Å²) in [5, 5.41) is 8.96. The van der Waals surface area contributed by atoms with Crippen LogP contribution in [0.4, 0.5) is 4.39 Å². The van der Waals surface area contributed by atoms with Crippen molar-refractivity contribution in [3.63, 3.8) is 0 Å². The number of carboxylic acids is 1. The molecule has 0 atom stereocenters. The SMILES string of the molecule is CCc1nc(-c2ccc(F)c(Cl)c2)ncc1C(=O)O. The highest BCUT2D eigenvalue weighted by Crippen LogP contribution is 2.23. The van der Waals surface area contributed by atoms with E-state index in [0.29, 0.717) is 23.5 Å². The zero-order chi connectivity index (χ0) is 14.0. The molecule has 1 heterocycles. The van der Waals surface area contributed by atoms with Crippen molar-refractivity contribution in [1.82, 2.24) is 9.97 Å². The Balaban J connectivity index is 2.51. The highest BCUT2D eigenvalue weighted by Gasteiger charge is 2.13. The minimum atomic E-state index is -1.07. The quantitative estimate of drug-likeness (QED) is 0.938. The smallest absolute Gasteiger partial charge is 0.339 e. The molecule has 0 saturated carbocycles. The van der Waals surface area contributed by atoms with Crippen molar-refractivity contribution in [3.05, 3.63) is 46.5 Å². The Morgan fingerprint density at radius 2 is 2.21 bits per heavy atom. The minimum Gasteiger partial charge on any atom is -0.478 e. The average molecular weight is 281 g/mol. The Morgan fingerprint density at radius 1 is 1.47 bits per heavy atom. The number of hydrogen-bond donors (Lipinski definition) is 1. The third-order valence-electron chi connectivity index (χ3n) is 2.61. The molecule has 0 aliphatic carbocycles. The Labute approximate surface area is 113 Å². The lowest BCUT2D eigenvalue weighted by atomic mass is 10.1. The maximum Gasteiger partial charge on any atom is 0.339 e. The van der Waals surface area contributed by atoms with Crippen LogP contribution in [0.2, 0.25) is 5.02 Å². The van der Waals surface area contributed by atoms with Crippen molar-refractivity contribution in [1.29, 1.82) is 0 Å². The number of benzene rings is 1. The van der Waals surface area contributed by atoms with Gasteiger partial charge in [-0.1, -0.05) is 18.5 Å². The lowest BCUT2D eigenvalue weighted by molar-refractivity contribution is 0.0694. The van der Waals surface area contributed by atoms with E-state index in [1.165, 1.54) is 24.4 Å². The maximum atomic E-state index is 13.1. The highest BCUT2D eigenvalue weighted by molar-refractivity contribution is 6.31. The molecule has 19 heavy (non-hydrogen) atoms. The summed E-state index contributed by atoms with van der Waals surface area (Å²) in [7, 11) is 0. The maximum absolute atomic E-state index is 13.1. The van der Waals surface area contributed by atoms with E-state index in [-0.39, 0.29) is 10.6 Å². The number of aromatic nitrogens is 2. The Morgan fingerprint density at radius 3 is 2.79 bits per heavy atom. The lowest BCUT2D eigenvalue weighted by Crippen LogP contribution is -2.06. The van der Waals surface area contributed by atoms with Crippen LogP contribution in [0.15, 0.2) is 24.4 Å². The van der Waals surface area contributed by atoms with E-state index in [0.717, 1.165) is 0 Å². The van der Waals surface area contributed by atoms with Gasteiger partial charge >= 0.3 is 5.97 Å². The fourth-order valence-corrected chi connectivity index (χ4v) is 1.82. The first kappa shape index (κ1) is 13.4. The third-order valence-corrected chi connectivity index (χ3v) is 2.90. The van der Waals surface area contributed by atoms with Crippen LogP contribution >= 0.6 is 11.6 Å². The van der Waals surface area contributed by atoms with Gasteiger partial charge in [0.15, 0.2) is 5.82 Å². The molecule has 1 aromatic carbocycles. The molecule has 0 aliphatic heterocycles. The molecule has 0 fully saturated rings. The zero-order valence-corrected chi connectivity index (χ0v) is 10.8. The second-order valence-corrected chi connectivity index (χ2v) is 4.25. The summed E-state index contributed by atoms with van der Waals surface area (Å²) in [6.45, 7) is 1.80. The molecular formula is C13H10ClFN2O2. The highest BCUT2D eigenvalue weighted by atomic mass is 35.5. The van der Waals surface area contributed by atoms with Crippen LogP contribution in [0, 0.1) is 5.82 Å². The normalized spacial score (nSPS) is 10.5. The van der Waals surface area contributed by atoms with Gasteiger partial charge in [0.1, 0.15) is 5.82 Å². The van der Waals surface area contributed by atoms with E-state index >= 15 is 0 Å². The molecule has 0 aliphatic rings. The van der Waals surface area contributed by atoms with Crippen LogP contribution in [-0.2, 0) is 6.42 Å². The lowest BCUT2D eigenvalue weighted by Gasteiger charge is -2.06. The molecule has 6 heteroatoms. The summed E-state index contributed by atoms with van der Waals surface area (Å²) in [4.78, 5) is 19.1. The number of aryl methyl sites for hydroxylation is 1. The first-order valence-electron chi connectivity index (χ1n) is 5.57. The van der Waals surface area contributed by atoms with E-state index in [2.05, 4.69) is 9.97 Å². The summed E-state index contributed by atoms with van der Waals surface area (Å²) in [5.74, 6) is -1.27. The number of rotatable bonds is 3. The van der Waals surface area contributed by atoms with Gasteiger partial charge in [-0.25, -0.2) is 19.2 Å². The molecule has 0 saturated heterocycles. The van der Waals surface area contributed by atoms with Crippen LogP contribution in [0.5, 0.6) is 0 Å². The monoisotopic (exact) mass is 280 g/mol. The van der Waals surface area contributed by atoms with Gasteiger partial charge in [0.05, 0.1) is 16.3 Å². The van der Waals surface area contributed by atoms with Crippen LogP contribution < -0.4 is 0 Å². The van der Waals surface area contributed by atoms with E-state index in [1.54, 1.807) is 6.92 Å². The minimum absolute atomic E-state index is 0.0264. The molecule has 1 N–H and O–H groups in total. The van der Waals surface area contributed by atoms with E-state index in [1.807, 2.05) is 0 Å². The average Bonchev–Trinajstić information content (AvgIpc) is 2.41. The Hall–Kier alpha value is -2.01. The number of halogens is 2. The van der Waals surface area contributed by atoms with Crippen LogP contribution in [0.3, 0.4) is 0 Å².